The van der Waals surface area contributed by atoms with Crippen LogP contribution in [0.4, 0.5) is 5.69 Å². The molecule has 0 amide bonds. The Hall–Kier alpha value is -2.54. The first kappa shape index (κ1) is 22.6. The number of thioether (sulfide) groups is 1. The number of hydrogen-bond donors (Lipinski definition) is 2. The van der Waals surface area contributed by atoms with Crippen molar-refractivity contribution in [1.82, 2.24) is 14.5 Å². The second-order valence-corrected chi connectivity index (χ2v) is 10.4. The third-order valence-electron chi connectivity index (χ3n) is 5.10. The molecule has 3 heterocycles. The SMILES string of the molecule is COCCOc1cc(N(C)S(=O)(=O)c2nccn2C)c2[nH]c(C3=NCC(CO)S3)cc2c1. The fourth-order valence-corrected chi connectivity index (χ4v) is 5.59. The van der Waals surface area contributed by atoms with E-state index in [0.717, 1.165) is 16.1 Å². The number of aromatic nitrogens is 3. The summed E-state index contributed by atoms with van der Waals surface area (Å²) in [6.45, 7) is 1.32. The number of ether oxygens (including phenoxy) is 2. The highest BCUT2D eigenvalue weighted by Gasteiger charge is 2.29. The summed E-state index contributed by atoms with van der Waals surface area (Å²) in [4.78, 5) is 11.8. The van der Waals surface area contributed by atoms with E-state index in [4.69, 9.17) is 9.47 Å². The maximum atomic E-state index is 13.3. The van der Waals surface area contributed by atoms with Gasteiger partial charge < -0.3 is 24.1 Å². The van der Waals surface area contributed by atoms with Gasteiger partial charge in [0.15, 0.2) is 0 Å². The Labute approximate surface area is 190 Å². The van der Waals surface area contributed by atoms with Crippen molar-refractivity contribution in [3.8, 4) is 5.75 Å². The number of benzene rings is 1. The van der Waals surface area contributed by atoms with Crippen molar-refractivity contribution in [3.05, 3.63) is 36.3 Å². The van der Waals surface area contributed by atoms with Crippen molar-refractivity contribution < 1.29 is 23.0 Å². The van der Waals surface area contributed by atoms with Crippen molar-refractivity contribution in [1.29, 1.82) is 0 Å². The van der Waals surface area contributed by atoms with E-state index >= 15 is 0 Å². The molecule has 0 radical (unpaired) electrons. The lowest BCUT2D eigenvalue weighted by Crippen LogP contribution is -2.29. The van der Waals surface area contributed by atoms with Gasteiger partial charge in [0, 0.05) is 45.1 Å². The summed E-state index contributed by atoms with van der Waals surface area (Å²) >= 11 is 1.50. The summed E-state index contributed by atoms with van der Waals surface area (Å²) in [6, 6.07) is 5.44. The standard InChI is InChI=1S/C20H25N5O5S2/c1-24-5-4-21-20(24)32(27,28)25(2)17-10-14(30-7-6-29-3)8-13-9-16(23-18(13)17)19-22-11-15(12-26)31-19/h4-5,8-10,15,23,26H,6-7,11-12H2,1-3H3. The number of aliphatic hydroxyl groups is 1. The molecule has 1 aliphatic heterocycles. The van der Waals surface area contributed by atoms with Gasteiger partial charge in [-0.3, -0.25) is 9.30 Å². The summed E-state index contributed by atoms with van der Waals surface area (Å²) in [7, 11) is 0.788. The Kier molecular flexibility index (Phi) is 6.47. The van der Waals surface area contributed by atoms with Gasteiger partial charge in [0.1, 0.15) is 17.4 Å². The zero-order valence-corrected chi connectivity index (χ0v) is 19.6. The molecule has 172 valence electrons. The van der Waals surface area contributed by atoms with Gasteiger partial charge in [0.2, 0.25) is 5.16 Å². The first-order chi connectivity index (χ1) is 15.3. The number of rotatable bonds is 9. The average molecular weight is 480 g/mol. The Bertz CT molecular complexity index is 1250. The van der Waals surface area contributed by atoms with Gasteiger partial charge in [-0.05, 0) is 12.1 Å². The molecule has 0 aliphatic carbocycles. The van der Waals surface area contributed by atoms with Gasteiger partial charge in [-0.2, -0.15) is 8.42 Å². The van der Waals surface area contributed by atoms with Crippen LogP contribution in [0.1, 0.15) is 5.69 Å². The summed E-state index contributed by atoms with van der Waals surface area (Å²) in [5.74, 6) is 0.520. The maximum absolute atomic E-state index is 13.3. The van der Waals surface area contributed by atoms with Gasteiger partial charge in [-0.25, -0.2) is 4.98 Å². The second kappa shape index (κ2) is 9.14. The number of fused-ring (bicyclic) bond motifs is 1. The summed E-state index contributed by atoms with van der Waals surface area (Å²) in [6.07, 6.45) is 3.03. The van der Waals surface area contributed by atoms with Crippen LogP contribution >= 0.6 is 11.8 Å². The molecule has 0 spiro atoms. The molecule has 2 N–H and O–H groups in total. The number of nitrogens with zero attached hydrogens (tertiary/aromatic N) is 4. The smallest absolute Gasteiger partial charge is 0.298 e. The van der Waals surface area contributed by atoms with E-state index in [9.17, 15) is 13.5 Å². The Morgan fingerprint density at radius 2 is 2.16 bits per heavy atom. The summed E-state index contributed by atoms with van der Waals surface area (Å²) in [5, 5.41) is 10.9. The van der Waals surface area contributed by atoms with Crippen LogP contribution in [0.3, 0.4) is 0 Å². The molecule has 0 saturated heterocycles. The summed E-state index contributed by atoms with van der Waals surface area (Å²) < 4.78 is 40.1. The highest BCUT2D eigenvalue weighted by molar-refractivity contribution is 8.15. The topological polar surface area (TPSA) is 122 Å². The van der Waals surface area contributed by atoms with Crippen LogP contribution in [0.2, 0.25) is 0 Å². The van der Waals surface area contributed by atoms with Gasteiger partial charge in [-0.1, -0.05) is 11.8 Å². The van der Waals surface area contributed by atoms with Crippen LogP contribution in [0.5, 0.6) is 5.75 Å². The minimum absolute atomic E-state index is 0.0234. The van der Waals surface area contributed by atoms with E-state index in [1.807, 2.05) is 12.1 Å². The molecule has 3 aromatic rings. The third kappa shape index (κ3) is 4.22. The number of aryl methyl sites for hydroxylation is 1. The van der Waals surface area contributed by atoms with Gasteiger partial charge in [0.25, 0.3) is 10.0 Å². The molecule has 4 rings (SSSR count). The van der Waals surface area contributed by atoms with Crippen molar-refractivity contribution in [3.63, 3.8) is 0 Å². The van der Waals surface area contributed by atoms with Crippen molar-refractivity contribution in [2.75, 3.05) is 44.8 Å². The van der Waals surface area contributed by atoms with E-state index < -0.39 is 10.0 Å². The van der Waals surface area contributed by atoms with Crippen molar-refractivity contribution in [2.45, 2.75) is 10.4 Å². The van der Waals surface area contributed by atoms with E-state index in [2.05, 4.69) is 15.0 Å². The van der Waals surface area contributed by atoms with Crippen LogP contribution in [0, 0.1) is 0 Å². The number of hydrogen-bond acceptors (Lipinski definition) is 8. The van der Waals surface area contributed by atoms with Crippen LogP contribution < -0.4 is 9.04 Å². The fraction of sp³-hybridized carbons (Fsp3) is 0.400. The van der Waals surface area contributed by atoms with Gasteiger partial charge in [0.05, 0.1) is 41.9 Å². The number of sulfonamides is 1. The van der Waals surface area contributed by atoms with E-state index in [-0.39, 0.29) is 17.0 Å². The largest absolute Gasteiger partial charge is 0.491 e. The average Bonchev–Trinajstić information content (AvgIpc) is 3.51. The molecule has 1 aliphatic rings. The van der Waals surface area contributed by atoms with Crippen LogP contribution in [-0.2, 0) is 21.8 Å². The predicted molar refractivity (Wildman–Crippen MR) is 124 cm³/mol. The molecular formula is C20H25N5O5S2. The predicted octanol–water partition coefficient (Wildman–Crippen LogP) is 1.61. The van der Waals surface area contributed by atoms with E-state index in [1.165, 1.54) is 33.9 Å². The molecule has 0 bridgehead atoms. The molecule has 12 heteroatoms. The zero-order chi connectivity index (χ0) is 22.9. The molecule has 1 aromatic carbocycles. The van der Waals surface area contributed by atoms with Crippen LogP contribution in [0.15, 0.2) is 40.7 Å². The van der Waals surface area contributed by atoms with Gasteiger partial charge in [-0.15, -0.1) is 0 Å². The Morgan fingerprint density at radius 3 is 2.81 bits per heavy atom. The molecule has 10 nitrogen and oxygen atoms in total. The third-order valence-corrected chi connectivity index (χ3v) is 8.07. The number of anilines is 1. The fourth-order valence-electron chi connectivity index (χ4n) is 3.40. The summed E-state index contributed by atoms with van der Waals surface area (Å²) in [5.41, 5.74) is 1.82. The molecule has 1 unspecified atom stereocenters. The van der Waals surface area contributed by atoms with E-state index in [1.54, 1.807) is 26.4 Å². The molecule has 2 aromatic heterocycles. The lowest BCUT2D eigenvalue weighted by Gasteiger charge is -2.20. The zero-order valence-electron chi connectivity index (χ0n) is 18.0. The van der Waals surface area contributed by atoms with Crippen molar-refractivity contribution >= 4 is 43.4 Å². The molecule has 1 atom stereocenters. The van der Waals surface area contributed by atoms with Crippen molar-refractivity contribution in [2.24, 2.45) is 12.0 Å². The first-order valence-electron chi connectivity index (χ1n) is 9.92. The molecule has 32 heavy (non-hydrogen) atoms. The monoisotopic (exact) mass is 479 g/mol. The molecule has 0 fully saturated rings. The lowest BCUT2D eigenvalue weighted by molar-refractivity contribution is 0.146. The highest BCUT2D eigenvalue weighted by atomic mass is 32.2. The van der Waals surface area contributed by atoms with Crippen LogP contribution in [0.25, 0.3) is 10.9 Å². The minimum atomic E-state index is -3.92. The Morgan fingerprint density at radius 1 is 1.34 bits per heavy atom. The number of H-pyrrole nitrogens is 1. The van der Waals surface area contributed by atoms with E-state index in [0.29, 0.717) is 36.7 Å². The number of imidazole rings is 1. The second-order valence-electron chi connectivity index (χ2n) is 7.29. The number of aliphatic hydroxyl groups excluding tert-OH is 1. The minimum Gasteiger partial charge on any atom is -0.491 e. The number of nitrogens with one attached hydrogen (secondary N) is 1. The number of methoxy groups -OCH3 is 1. The normalized spacial score (nSPS) is 16.5. The van der Waals surface area contributed by atoms with Crippen LogP contribution in [-0.4, -0.2) is 78.9 Å². The Balaban J connectivity index is 1.79. The van der Waals surface area contributed by atoms with Gasteiger partial charge >= 0.3 is 0 Å². The highest BCUT2D eigenvalue weighted by Crippen LogP contribution is 2.36. The number of aliphatic imine (C=N–C) groups is 1. The molecule has 0 saturated carbocycles. The number of aromatic amines is 1. The first-order valence-corrected chi connectivity index (χ1v) is 12.2. The lowest BCUT2D eigenvalue weighted by atomic mass is 10.2. The maximum Gasteiger partial charge on any atom is 0.298 e. The quantitative estimate of drug-likeness (QED) is 0.447. The molecular weight excluding hydrogens is 454 g/mol.